The monoisotopic (exact) mass is 442 g/mol. The molecule has 7 heteroatoms. The van der Waals surface area contributed by atoms with Crippen molar-refractivity contribution >= 4 is 16.8 Å². The van der Waals surface area contributed by atoms with E-state index in [0.29, 0.717) is 24.5 Å². The number of para-hydroxylation sites is 1. The smallest absolute Gasteiger partial charge is 0.231 e. The van der Waals surface area contributed by atoms with Gasteiger partial charge in [0.15, 0.2) is 23.0 Å². The van der Waals surface area contributed by atoms with Crippen LogP contribution in [0.4, 0.5) is 0 Å². The van der Waals surface area contributed by atoms with Crippen LogP contribution in [0, 0.1) is 0 Å². The molecule has 7 nitrogen and oxygen atoms in total. The maximum atomic E-state index is 13.1. The Morgan fingerprint density at radius 2 is 1.61 bits per heavy atom. The van der Waals surface area contributed by atoms with Gasteiger partial charge in [-0.3, -0.25) is 4.79 Å². The molecule has 2 aliphatic rings. The number of fused-ring (bicyclic) bond motifs is 3. The molecule has 0 aliphatic carbocycles. The standard InChI is InChI=1S/C26H22N2O5/c29-26(28-12-16-5-7-22-24(9-16)32-14-30-22)11-19(17-6-8-23-25(10-17)33-15-31-23)20-13-27-21-4-2-1-3-18(20)21/h1-10,13,19,27H,11-12,14-15H2,(H,28,29)/t19-/m1/s1. The summed E-state index contributed by atoms with van der Waals surface area (Å²) in [6, 6.07) is 19.7. The average molecular weight is 442 g/mol. The summed E-state index contributed by atoms with van der Waals surface area (Å²) in [5, 5.41) is 4.15. The van der Waals surface area contributed by atoms with Gasteiger partial charge in [0, 0.05) is 36.0 Å². The van der Waals surface area contributed by atoms with Crippen molar-refractivity contribution in [1.82, 2.24) is 10.3 Å². The van der Waals surface area contributed by atoms with Gasteiger partial charge in [-0.25, -0.2) is 0 Å². The first-order valence-electron chi connectivity index (χ1n) is 10.9. The molecule has 1 atom stereocenters. The van der Waals surface area contributed by atoms with Gasteiger partial charge in [0.2, 0.25) is 19.5 Å². The van der Waals surface area contributed by atoms with E-state index in [2.05, 4.69) is 16.4 Å². The Bertz CT molecular complexity index is 1350. The molecular weight excluding hydrogens is 420 g/mol. The van der Waals surface area contributed by atoms with Gasteiger partial charge < -0.3 is 29.2 Å². The van der Waals surface area contributed by atoms with Crippen molar-refractivity contribution in [3.05, 3.63) is 83.6 Å². The number of hydrogen-bond acceptors (Lipinski definition) is 5. The number of benzene rings is 3. The molecule has 0 radical (unpaired) electrons. The van der Waals surface area contributed by atoms with Crippen molar-refractivity contribution in [2.75, 3.05) is 13.6 Å². The molecule has 2 N–H and O–H groups in total. The van der Waals surface area contributed by atoms with E-state index in [1.165, 1.54) is 0 Å². The van der Waals surface area contributed by atoms with Crippen LogP contribution in [0.3, 0.4) is 0 Å². The van der Waals surface area contributed by atoms with Gasteiger partial charge in [0.05, 0.1) is 0 Å². The molecule has 3 aromatic carbocycles. The van der Waals surface area contributed by atoms with Crippen molar-refractivity contribution < 1.29 is 23.7 Å². The molecule has 166 valence electrons. The lowest BCUT2D eigenvalue weighted by atomic mass is 9.87. The molecule has 0 spiro atoms. The van der Waals surface area contributed by atoms with Crippen molar-refractivity contribution in [3.8, 4) is 23.0 Å². The number of aromatic nitrogens is 1. The van der Waals surface area contributed by atoms with E-state index in [4.69, 9.17) is 18.9 Å². The van der Waals surface area contributed by atoms with Gasteiger partial charge in [0.25, 0.3) is 0 Å². The first-order chi connectivity index (χ1) is 16.2. The molecule has 0 unspecified atom stereocenters. The summed E-state index contributed by atoms with van der Waals surface area (Å²) in [7, 11) is 0. The topological polar surface area (TPSA) is 81.8 Å². The zero-order valence-corrected chi connectivity index (χ0v) is 17.8. The number of rotatable bonds is 6. The van der Waals surface area contributed by atoms with Crippen LogP contribution in [-0.4, -0.2) is 24.5 Å². The Kier molecular flexibility index (Phi) is 4.79. The third-order valence-corrected chi connectivity index (χ3v) is 6.11. The molecule has 0 saturated carbocycles. The summed E-state index contributed by atoms with van der Waals surface area (Å²) in [4.78, 5) is 16.4. The number of aromatic amines is 1. The number of ether oxygens (including phenoxy) is 4. The fraction of sp³-hybridized carbons (Fsp3) is 0.192. The van der Waals surface area contributed by atoms with Crippen molar-refractivity contribution in [3.63, 3.8) is 0 Å². The van der Waals surface area contributed by atoms with Crippen LogP contribution in [0.15, 0.2) is 66.9 Å². The van der Waals surface area contributed by atoms with Crippen LogP contribution >= 0.6 is 0 Å². The van der Waals surface area contributed by atoms with Gasteiger partial charge in [-0.2, -0.15) is 0 Å². The van der Waals surface area contributed by atoms with Crippen molar-refractivity contribution in [1.29, 1.82) is 0 Å². The quantitative estimate of drug-likeness (QED) is 0.461. The third-order valence-electron chi connectivity index (χ3n) is 6.11. The van der Waals surface area contributed by atoms with Crippen molar-refractivity contribution in [2.24, 2.45) is 0 Å². The molecule has 1 amide bonds. The predicted octanol–water partition coefficient (Wildman–Crippen LogP) is 4.46. The minimum Gasteiger partial charge on any atom is -0.454 e. The van der Waals surface area contributed by atoms with Gasteiger partial charge in [-0.05, 0) is 47.0 Å². The second-order valence-corrected chi connectivity index (χ2v) is 8.12. The maximum absolute atomic E-state index is 13.1. The molecule has 0 saturated heterocycles. The van der Waals surface area contributed by atoms with E-state index >= 15 is 0 Å². The van der Waals surface area contributed by atoms with E-state index in [9.17, 15) is 4.79 Å². The number of H-pyrrole nitrogens is 1. The summed E-state index contributed by atoms with van der Waals surface area (Å²) >= 11 is 0. The number of carbonyl (C=O) groups is 1. The molecule has 1 aromatic heterocycles. The predicted molar refractivity (Wildman–Crippen MR) is 122 cm³/mol. The summed E-state index contributed by atoms with van der Waals surface area (Å²) in [6.45, 7) is 0.858. The average Bonchev–Trinajstić information content (AvgIpc) is 3.59. The summed E-state index contributed by atoms with van der Waals surface area (Å²) in [6.07, 6.45) is 2.29. The first-order valence-corrected chi connectivity index (χ1v) is 10.9. The Hall–Kier alpha value is -4.13. The minimum absolute atomic E-state index is 0.0411. The Morgan fingerprint density at radius 1 is 0.879 bits per heavy atom. The lowest BCUT2D eigenvalue weighted by molar-refractivity contribution is -0.121. The lowest BCUT2D eigenvalue weighted by Gasteiger charge is -2.18. The second kappa shape index (κ2) is 8.09. The first kappa shape index (κ1) is 19.5. The molecule has 4 aromatic rings. The largest absolute Gasteiger partial charge is 0.454 e. The van der Waals surface area contributed by atoms with Gasteiger partial charge in [0.1, 0.15) is 0 Å². The molecule has 0 bridgehead atoms. The van der Waals surface area contributed by atoms with Crippen LogP contribution in [0.5, 0.6) is 23.0 Å². The fourth-order valence-corrected chi connectivity index (χ4v) is 4.43. The zero-order valence-electron chi connectivity index (χ0n) is 17.8. The molecule has 33 heavy (non-hydrogen) atoms. The van der Waals surface area contributed by atoms with E-state index in [-0.39, 0.29) is 25.4 Å². The second-order valence-electron chi connectivity index (χ2n) is 8.12. The molecule has 6 rings (SSSR count). The number of carbonyl (C=O) groups excluding carboxylic acids is 1. The highest BCUT2D eigenvalue weighted by atomic mass is 16.7. The lowest BCUT2D eigenvalue weighted by Crippen LogP contribution is -2.25. The van der Waals surface area contributed by atoms with Crippen LogP contribution < -0.4 is 24.3 Å². The highest BCUT2D eigenvalue weighted by Crippen LogP contribution is 2.39. The van der Waals surface area contributed by atoms with Gasteiger partial charge >= 0.3 is 0 Å². The molecule has 0 fully saturated rings. The van der Waals surface area contributed by atoms with Crippen LogP contribution in [0.1, 0.15) is 29.0 Å². The highest BCUT2D eigenvalue weighted by Gasteiger charge is 2.24. The zero-order chi connectivity index (χ0) is 22.2. The highest BCUT2D eigenvalue weighted by molar-refractivity contribution is 5.86. The van der Waals surface area contributed by atoms with E-state index in [1.54, 1.807) is 0 Å². The Morgan fingerprint density at radius 3 is 2.45 bits per heavy atom. The van der Waals surface area contributed by atoms with E-state index in [0.717, 1.165) is 39.1 Å². The number of nitrogens with one attached hydrogen (secondary N) is 2. The Balaban J connectivity index is 1.26. The van der Waals surface area contributed by atoms with Crippen molar-refractivity contribution in [2.45, 2.75) is 18.9 Å². The maximum Gasteiger partial charge on any atom is 0.231 e. The molecular formula is C26H22N2O5. The number of hydrogen-bond donors (Lipinski definition) is 2. The minimum atomic E-state index is -0.146. The third kappa shape index (κ3) is 3.71. The SMILES string of the molecule is O=C(C[C@H](c1ccc2c(c1)OCO2)c1c[nH]c2ccccc12)NCc1ccc2c(c1)OCO2. The summed E-state index contributed by atoms with van der Waals surface area (Å²) in [5.74, 6) is 2.68. The summed E-state index contributed by atoms with van der Waals surface area (Å²) < 4.78 is 21.8. The fourth-order valence-electron chi connectivity index (χ4n) is 4.43. The Labute approximate surface area is 190 Å². The number of amides is 1. The van der Waals surface area contributed by atoms with E-state index in [1.807, 2.05) is 60.8 Å². The van der Waals surface area contributed by atoms with E-state index < -0.39 is 0 Å². The summed E-state index contributed by atoms with van der Waals surface area (Å²) in [5.41, 5.74) is 4.07. The molecule has 3 heterocycles. The molecule has 2 aliphatic heterocycles. The van der Waals surface area contributed by atoms with Crippen LogP contribution in [-0.2, 0) is 11.3 Å². The van der Waals surface area contributed by atoms with Crippen LogP contribution in [0.25, 0.3) is 10.9 Å². The van der Waals surface area contributed by atoms with Gasteiger partial charge in [-0.15, -0.1) is 0 Å². The van der Waals surface area contributed by atoms with Crippen LogP contribution in [0.2, 0.25) is 0 Å². The normalized spacial score (nSPS) is 14.4. The van der Waals surface area contributed by atoms with Gasteiger partial charge in [-0.1, -0.05) is 30.3 Å².